The first-order valence-electron chi connectivity index (χ1n) is 7.14. The molecule has 0 fully saturated rings. The van der Waals surface area contributed by atoms with E-state index in [9.17, 15) is 14.7 Å². The number of nitrogens with one attached hydrogen (secondary N) is 2. The van der Waals surface area contributed by atoms with Crippen molar-refractivity contribution in [2.24, 2.45) is 0 Å². The summed E-state index contributed by atoms with van der Waals surface area (Å²) < 4.78 is 0. The van der Waals surface area contributed by atoms with Crippen molar-refractivity contribution < 1.29 is 14.7 Å². The molecule has 21 heavy (non-hydrogen) atoms. The third-order valence-electron chi connectivity index (χ3n) is 3.74. The lowest BCUT2D eigenvalue weighted by molar-refractivity contribution is -0.144. The molecule has 0 heterocycles. The zero-order chi connectivity index (χ0) is 16.0. The van der Waals surface area contributed by atoms with Crippen LogP contribution in [0, 0.1) is 13.8 Å². The molecule has 116 valence electrons. The van der Waals surface area contributed by atoms with E-state index in [1.807, 2.05) is 39.0 Å². The van der Waals surface area contributed by atoms with Crippen LogP contribution in [0.4, 0.5) is 5.69 Å². The minimum atomic E-state index is -1.08. The number of carboxylic acids is 1. The molecule has 0 spiro atoms. The molecule has 0 aliphatic heterocycles. The van der Waals surface area contributed by atoms with E-state index in [-0.39, 0.29) is 12.5 Å². The van der Waals surface area contributed by atoms with E-state index in [0.29, 0.717) is 6.42 Å². The van der Waals surface area contributed by atoms with Gasteiger partial charge in [0, 0.05) is 5.69 Å². The normalized spacial score (nSPS) is 13.5. The van der Waals surface area contributed by atoms with Gasteiger partial charge in [-0.05, 0) is 44.4 Å². The number of hydrogen-bond acceptors (Lipinski definition) is 3. The van der Waals surface area contributed by atoms with Gasteiger partial charge in [0.15, 0.2) is 0 Å². The molecule has 0 aromatic heterocycles. The summed E-state index contributed by atoms with van der Waals surface area (Å²) in [5.41, 5.74) is 1.80. The summed E-state index contributed by atoms with van der Waals surface area (Å²) in [4.78, 5) is 23.3. The topological polar surface area (TPSA) is 78.4 Å². The van der Waals surface area contributed by atoms with E-state index >= 15 is 0 Å². The van der Waals surface area contributed by atoms with E-state index in [1.165, 1.54) is 0 Å². The lowest BCUT2D eigenvalue weighted by Crippen LogP contribution is -2.51. The molecule has 5 nitrogen and oxygen atoms in total. The number of carbonyl (C=O) groups excluding carboxylic acids is 1. The summed E-state index contributed by atoms with van der Waals surface area (Å²) in [6.45, 7) is 7.40. The van der Waals surface area contributed by atoms with Crippen LogP contribution in [-0.2, 0) is 9.59 Å². The summed E-state index contributed by atoms with van der Waals surface area (Å²) in [5.74, 6) is -1.18. The van der Waals surface area contributed by atoms with Gasteiger partial charge in [-0.3, -0.25) is 14.9 Å². The van der Waals surface area contributed by atoms with Crippen molar-refractivity contribution in [3.05, 3.63) is 29.3 Å². The maximum absolute atomic E-state index is 12.0. The Hall–Kier alpha value is -1.88. The van der Waals surface area contributed by atoms with Crippen molar-refractivity contribution >= 4 is 17.6 Å². The SMILES string of the molecule is CCCC(C)(NCC(=O)Nc1cccc(C)c1C)C(=O)O. The van der Waals surface area contributed by atoms with E-state index in [2.05, 4.69) is 10.6 Å². The summed E-state index contributed by atoms with van der Waals surface area (Å²) in [6.07, 6.45) is 1.20. The van der Waals surface area contributed by atoms with Crippen LogP contribution in [0.1, 0.15) is 37.8 Å². The molecular weight excluding hydrogens is 268 g/mol. The van der Waals surface area contributed by atoms with Crippen LogP contribution in [-0.4, -0.2) is 29.1 Å². The molecule has 1 rings (SSSR count). The minimum Gasteiger partial charge on any atom is -0.480 e. The number of carbonyl (C=O) groups is 2. The summed E-state index contributed by atoms with van der Waals surface area (Å²) >= 11 is 0. The Morgan fingerprint density at radius 3 is 2.52 bits per heavy atom. The van der Waals surface area contributed by atoms with Gasteiger partial charge < -0.3 is 10.4 Å². The summed E-state index contributed by atoms with van der Waals surface area (Å²) in [6, 6.07) is 5.69. The second-order valence-electron chi connectivity index (χ2n) is 5.54. The Bertz CT molecular complexity index is 528. The highest BCUT2D eigenvalue weighted by Crippen LogP contribution is 2.18. The average molecular weight is 292 g/mol. The van der Waals surface area contributed by atoms with Gasteiger partial charge in [-0.1, -0.05) is 25.5 Å². The molecule has 3 N–H and O–H groups in total. The Labute approximate surface area is 125 Å². The molecule has 0 aliphatic carbocycles. The van der Waals surface area contributed by atoms with Gasteiger partial charge in [-0.2, -0.15) is 0 Å². The molecule has 0 saturated heterocycles. The zero-order valence-corrected chi connectivity index (χ0v) is 13.1. The van der Waals surface area contributed by atoms with E-state index in [1.54, 1.807) is 6.92 Å². The number of benzene rings is 1. The molecule has 0 saturated carbocycles. The first-order valence-corrected chi connectivity index (χ1v) is 7.14. The fourth-order valence-corrected chi connectivity index (χ4v) is 2.13. The average Bonchev–Trinajstić information content (AvgIpc) is 2.42. The Kier molecular flexibility index (Phi) is 5.90. The van der Waals surface area contributed by atoms with E-state index < -0.39 is 11.5 Å². The highest BCUT2D eigenvalue weighted by Gasteiger charge is 2.31. The van der Waals surface area contributed by atoms with Crippen LogP contribution < -0.4 is 10.6 Å². The van der Waals surface area contributed by atoms with Crippen molar-refractivity contribution in [1.29, 1.82) is 0 Å². The van der Waals surface area contributed by atoms with Crippen molar-refractivity contribution in [2.75, 3.05) is 11.9 Å². The van der Waals surface area contributed by atoms with Gasteiger partial charge >= 0.3 is 5.97 Å². The van der Waals surface area contributed by atoms with Crippen molar-refractivity contribution in [2.45, 2.75) is 46.1 Å². The highest BCUT2D eigenvalue weighted by atomic mass is 16.4. The molecule has 1 unspecified atom stereocenters. The van der Waals surface area contributed by atoms with Gasteiger partial charge in [0.05, 0.1) is 6.54 Å². The van der Waals surface area contributed by atoms with Crippen LogP contribution in [0.3, 0.4) is 0 Å². The monoisotopic (exact) mass is 292 g/mol. The lowest BCUT2D eigenvalue weighted by Gasteiger charge is -2.25. The Balaban J connectivity index is 2.65. The number of anilines is 1. The van der Waals surface area contributed by atoms with Crippen molar-refractivity contribution in [3.8, 4) is 0 Å². The minimum absolute atomic E-state index is 0.0316. The van der Waals surface area contributed by atoms with Gasteiger partial charge in [0.25, 0.3) is 0 Å². The second-order valence-corrected chi connectivity index (χ2v) is 5.54. The first kappa shape index (κ1) is 17.2. The van der Waals surface area contributed by atoms with Crippen LogP contribution in [0.5, 0.6) is 0 Å². The predicted molar refractivity (Wildman–Crippen MR) is 83.5 cm³/mol. The smallest absolute Gasteiger partial charge is 0.323 e. The number of aliphatic carboxylic acids is 1. The fourth-order valence-electron chi connectivity index (χ4n) is 2.13. The summed E-state index contributed by atoms with van der Waals surface area (Å²) in [7, 11) is 0. The largest absolute Gasteiger partial charge is 0.480 e. The highest BCUT2D eigenvalue weighted by molar-refractivity contribution is 5.93. The van der Waals surface area contributed by atoms with Crippen LogP contribution in [0.2, 0.25) is 0 Å². The maximum Gasteiger partial charge on any atom is 0.323 e. The number of aryl methyl sites for hydroxylation is 1. The predicted octanol–water partition coefficient (Wildman–Crippen LogP) is 2.47. The molecule has 1 aromatic rings. The number of carboxylic acid groups (broad SMARTS) is 1. The third kappa shape index (κ3) is 4.56. The van der Waals surface area contributed by atoms with Crippen molar-refractivity contribution in [3.63, 3.8) is 0 Å². The molecule has 1 atom stereocenters. The molecule has 1 amide bonds. The third-order valence-corrected chi connectivity index (χ3v) is 3.74. The zero-order valence-electron chi connectivity index (χ0n) is 13.1. The van der Waals surface area contributed by atoms with Crippen LogP contribution >= 0.6 is 0 Å². The maximum atomic E-state index is 12.0. The van der Waals surface area contributed by atoms with E-state index in [0.717, 1.165) is 23.2 Å². The number of amides is 1. The molecule has 0 radical (unpaired) electrons. The van der Waals surface area contributed by atoms with Gasteiger partial charge in [0.2, 0.25) is 5.91 Å². The lowest BCUT2D eigenvalue weighted by atomic mass is 9.96. The molecule has 1 aromatic carbocycles. The van der Waals surface area contributed by atoms with Crippen molar-refractivity contribution in [1.82, 2.24) is 5.32 Å². The van der Waals surface area contributed by atoms with Gasteiger partial charge in [0.1, 0.15) is 5.54 Å². The summed E-state index contributed by atoms with van der Waals surface area (Å²) in [5, 5.41) is 14.9. The van der Waals surface area contributed by atoms with Gasteiger partial charge in [-0.25, -0.2) is 0 Å². The second kappa shape index (κ2) is 7.22. The fraction of sp³-hybridized carbons (Fsp3) is 0.500. The number of hydrogen-bond donors (Lipinski definition) is 3. The van der Waals surface area contributed by atoms with Gasteiger partial charge in [-0.15, -0.1) is 0 Å². The molecule has 0 bridgehead atoms. The standard InChI is InChI=1S/C16H24N2O3/c1-5-9-16(4,15(20)21)17-10-14(19)18-13-8-6-7-11(2)12(13)3/h6-8,17H,5,9-10H2,1-4H3,(H,18,19)(H,20,21). The Morgan fingerprint density at radius 2 is 1.95 bits per heavy atom. The van der Waals surface area contributed by atoms with Crippen LogP contribution in [0.25, 0.3) is 0 Å². The van der Waals surface area contributed by atoms with Crippen LogP contribution in [0.15, 0.2) is 18.2 Å². The first-order chi connectivity index (χ1) is 9.80. The molecular formula is C16H24N2O3. The van der Waals surface area contributed by atoms with E-state index in [4.69, 9.17) is 0 Å². The number of rotatable bonds is 7. The Morgan fingerprint density at radius 1 is 1.29 bits per heavy atom. The molecule has 0 aliphatic rings. The molecule has 5 heteroatoms. The quantitative estimate of drug-likeness (QED) is 0.721.